The van der Waals surface area contributed by atoms with E-state index in [0.717, 1.165) is 26.1 Å². The Labute approximate surface area is 104 Å². The van der Waals surface area contributed by atoms with Crippen molar-refractivity contribution in [1.29, 1.82) is 0 Å². The van der Waals surface area contributed by atoms with Crippen LogP contribution in [0.15, 0.2) is 0 Å². The van der Waals surface area contributed by atoms with E-state index < -0.39 is 5.54 Å². The van der Waals surface area contributed by atoms with Gasteiger partial charge >= 0.3 is 0 Å². The lowest BCUT2D eigenvalue weighted by Crippen LogP contribution is -2.60. The first-order valence-electron chi connectivity index (χ1n) is 6.84. The average Bonchev–Trinajstić information content (AvgIpc) is 3.13. The molecule has 4 nitrogen and oxygen atoms in total. The van der Waals surface area contributed by atoms with Crippen molar-refractivity contribution in [1.82, 2.24) is 4.90 Å². The molecule has 2 fully saturated rings. The number of aliphatic hydroxyl groups excluding tert-OH is 1. The number of morpholine rings is 1. The van der Waals surface area contributed by atoms with Gasteiger partial charge in [0.25, 0.3) is 0 Å². The van der Waals surface area contributed by atoms with Gasteiger partial charge in [0.1, 0.15) is 0 Å². The van der Waals surface area contributed by atoms with Crippen LogP contribution in [0.2, 0.25) is 0 Å². The highest BCUT2D eigenvalue weighted by atomic mass is 16.5. The normalized spacial score (nSPS) is 34.6. The molecule has 2 rings (SSSR count). The van der Waals surface area contributed by atoms with E-state index in [-0.39, 0.29) is 12.7 Å². The fourth-order valence-electron chi connectivity index (χ4n) is 2.83. The quantitative estimate of drug-likeness (QED) is 0.740. The summed E-state index contributed by atoms with van der Waals surface area (Å²) in [5.41, 5.74) is 5.96. The highest BCUT2D eigenvalue weighted by Crippen LogP contribution is 2.39. The van der Waals surface area contributed by atoms with Gasteiger partial charge < -0.3 is 15.6 Å². The number of hydrogen-bond acceptors (Lipinski definition) is 4. The largest absolute Gasteiger partial charge is 0.394 e. The Morgan fingerprint density at radius 1 is 1.47 bits per heavy atom. The predicted molar refractivity (Wildman–Crippen MR) is 67.8 cm³/mol. The van der Waals surface area contributed by atoms with Crippen LogP contribution < -0.4 is 5.73 Å². The summed E-state index contributed by atoms with van der Waals surface area (Å²) in [7, 11) is 0. The van der Waals surface area contributed by atoms with Gasteiger partial charge in [-0.2, -0.15) is 0 Å². The molecule has 0 bridgehead atoms. The van der Waals surface area contributed by atoms with Gasteiger partial charge in [0.05, 0.1) is 24.9 Å². The molecule has 3 N–H and O–H groups in total. The summed E-state index contributed by atoms with van der Waals surface area (Å²) in [5, 5.41) is 9.57. The summed E-state index contributed by atoms with van der Waals surface area (Å²) in [6.07, 6.45) is 3.71. The molecule has 1 heterocycles. The van der Waals surface area contributed by atoms with Crippen molar-refractivity contribution >= 4 is 0 Å². The van der Waals surface area contributed by atoms with Gasteiger partial charge in [0.15, 0.2) is 0 Å². The monoisotopic (exact) mass is 242 g/mol. The molecule has 100 valence electrons. The molecular weight excluding hydrogens is 216 g/mol. The molecule has 0 aromatic carbocycles. The first-order chi connectivity index (χ1) is 8.09. The predicted octanol–water partition coefficient (Wildman–Crippen LogP) is 0.586. The van der Waals surface area contributed by atoms with Crippen molar-refractivity contribution in [2.24, 2.45) is 11.7 Å². The van der Waals surface area contributed by atoms with E-state index in [1.807, 2.05) is 0 Å². The minimum absolute atomic E-state index is 0.0971. The highest BCUT2D eigenvalue weighted by Gasteiger charge is 2.44. The maximum atomic E-state index is 9.57. The van der Waals surface area contributed by atoms with Crippen LogP contribution in [0.1, 0.15) is 33.1 Å². The molecule has 0 spiro atoms. The number of nitrogens with zero attached hydrogens (tertiary/aromatic N) is 1. The van der Waals surface area contributed by atoms with Crippen molar-refractivity contribution in [2.45, 2.75) is 50.8 Å². The summed E-state index contributed by atoms with van der Waals surface area (Å²) < 4.78 is 5.69. The third-order valence-corrected chi connectivity index (χ3v) is 4.23. The average molecular weight is 242 g/mol. The van der Waals surface area contributed by atoms with Crippen molar-refractivity contribution in [3.63, 3.8) is 0 Å². The Morgan fingerprint density at radius 3 is 2.71 bits per heavy atom. The Bertz CT molecular complexity index is 258. The van der Waals surface area contributed by atoms with E-state index in [1.165, 1.54) is 12.8 Å². The molecule has 3 unspecified atom stereocenters. The lowest BCUT2D eigenvalue weighted by molar-refractivity contribution is -0.0667. The second kappa shape index (κ2) is 5.22. The zero-order valence-electron chi connectivity index (χ0n) is 11.1. The fraction of sp³-hybridized carbons (Fsp3) is 1.00. The molecule has 1 aliphatic carbocycles. The lowest BCUT2D eigenvalue weighted by atomic mass is 9.93. The summed E-state index contributed by atoms with van der Waals surface area (Å²) in [4.78, 5) is 2.42. The Hall–Kier alpha value is -0.160. The first-order valence-corrected chi connectivity index (χ1v) is 6.84. The van der Waals surface area contributed by atoms with Crippen LogP contribution in [0, 0.1) is 5.92 Å². The highest BCUT2D eigenvalue weighted by molar-refractivity contribution is 5.01. The Balaban J connectivity index is 1.98. The van der Waals surface area contributed by atoms with E-state index in [1.54, 1.807) is 0 Å². The van der Waals surface area contributed by atoms with E-state index >= 15 is 0 Å². The number of rotatable bonds is 5. The zero-order chi connectivity index (χ0) is 12.5. The van der Waals surface area contributed by atoms with Gasteiger partial charge in [-0.05, 0) is 32.1 Å². The number of aliphatic hydroxyl groups is 1. The van der Waals surface area contributed by atoms with E-state index in [4.69, 9.17) is 10.5 Å². The molecular formula is C13H26N2O2. The molecule has 17 heavy (non-hydrogen) atoms. The van der Waals surface area contributed by atoms with Crippen molar-refractivity contribution in [2.75, 3.05) is 26.3 Å². The molecule has 0 aromatic heterocycles. The molecule has 4 heteroatoms. The minimum Gasteiger partial charge on any atom is -0.394 e. The summed E-state index contributed by atoms with van der Waals surface area (Å²) >= 11 is 0. The van der Waals surface area contributed by atoms with Crippen LogP contribution in [0.5, 0.6) is 0 Å². The standard InChI is InChI=1S/C13H26N2O2/c1-3-12-7-17-10(2)6-15(12)8-13(14,9-16)11-4-5-11/h10-12,16H,3-9,14H2,1-2H3. The second-order valence-corrected chi connectivity index (χ2v) is 5.80. The van der Waals surface area contributed by atoms with Crippen LogP contribution in [0.25, 0.3) is 0 Å². The van der Waals surface area contributed by atoms with Crippen LogP contribution in [-0.4, -0.2) is 54.0 Å². The van der Waals surface area contributed by atoms with Crippen molar-refractivity contribution in [3.05, 3.63) is 0 Å². The number of hydrogen-bond donors (Lipinski definition) is 2. The van der Waals surface area contributed by atoms with Crippen molar-refractivity contribution < 1.29 is 9.84 Å². The number of ether oxygens (including phenoxy) is 1. The first kappa shape index (κ1) is 13.3. The second-order valence-electron chi connectivity index (χ2n) is 5.80. The maximum absolute atomic E-state index is 9.57. The molecule has 0 aromatic rings. The van der Waals surface area contributed by atoms with Gasteiger partial charge in [0.2, 0.25) is 0 Å². The molecule has 0 radical (unpaired) electrons. The minimum atomic E-state index is -0.398. The van der Waals surface area contributed by atoms with Crippen LogP contribution in [0.4, 0.5) is 0 Å². The third-order valence-electron chi connectivity index (χ3n) is 4.23. The molecule has 1 aliphatic heterocycles. The van der Waals surface area contributed by atoms with Gasteiger partial charge in [-0.3, -0.25) is 4.90 Å². The van der Waals surface area contributed by atoms with Gasteiger partial charge in [-0.1, -0.05) is 6.92 Å². The van der Waals surface area contributed by atoms with Crippen LogP contribution >= 0.6 is 0 Å². The van der Waals surface area contributed by atoms with Crippen molar-refractivity contribution in [3.8, 4) is 0 Å². The Morgan fingerprint density at radius 2 is 2.18 bits per heavy atom. The molecule has 0 amide bonds. The van der Waals surface area contributed by atoms with Crippen LogP contribution in [-0.2, 0) is 4.74 Å². The zero-order valence-corrected chi connectivity index (χ0v) is 11.1. The Kier molecular flexibility index (Phi) is 4.08. The molecule has 1 saturated carbocycles. The van der Waals surface area contributed by atoms with E-state index in [9.17, 15) is 5.11 Å². The molecule has 3 atom stereocenters. The summed E-state index contributed by atoms with van der Waals surface area (Å²) in [5.74, 6) is 0.517. The van der Waals surface area contributed by atoms with Crippen LogP contribution in [0.3, 0.4) is 0 Å². The summed E-state index contributed by atoms with van der Waals surface area (Å²) in [6.45, 7) is 6.92. The smallest absolute Gasteiger partial charge is 0.0674 e. The van der Waals surface area contributed by atoms with E-state index in [2.05, 4.69) is 18.7 Å². The SMILES string of the molecule is CCC1COC(C)CN1CC(N)(CO)C1CC1. The molecule has 2 aliphatic rings. The number of nitrogens with two attached hydrogens (primary N) is 1. The topological polar surface area (TPSA) is 58.7 Å². The third kappa shape index (κ3) is 2.99. The molecule has 1 saturated heterocycles. The lowest BCUT2D eigenvalue weighted by Gasteiger charge is -2.43. The van der Waals surface area contributed by atoms with Gasteiger partial charge in [-0.25, -0.2) is 0 Å². The van der Waals surface area contributed by atoms with E-state index in [0.29, 0.717) is 12.0 Å². The summed E-state index contributed by atoms with van der Waals surface area (Å²) in [6, 6.07) is 0.458. The fourth-order valence-corrected chi connectivity index (χ4v) is 2.83. The maximum Gasteiger partial charge on any atom is 0.0674 e. The van der Waals surface area contributed by atoms with Gasteiger partial charge in [-0.15, -0.1) is 0 Å². The van der Waals surface area contributed by atoms with Gasteiger partial charge in [0, 0.05) is 19.1 Å².